The maximum atomic E-state index is 11.3. The Labute approximate surface area is 143 Å². The average molecular weight is 324 g/mol. The summed E-state index contributed by atoms with van der Waals surface area (Å²) in [6.45, 7) is 8.44. The monoisotopic (exact) mass is 324 g/mol. The number of carbonyl (C=O) groups excluding carboxylic acids is 1. The van der Waals surface area contributed by atoms with Crippen LogP contribution >= 0.6 is 0 Å². The minimum absolute atomic E-state index is 0.0632. The summed E-state index contributed by atoms with van der Waals surface area (Å²) in [6.07, 6.45) is 0.938. The van der Waals surface area contributed by atoms with E-state index in [9.17, 15) is 4.79 Å². The largest absolute Gasteiger partial charge is 0.487 e. The molecule has 0 fully saturated rings. The van der Waals surface area contributed by atoms with Gasteiger partial charge < -0.3 is 15.4 Å². The van der Waals surface area contributed by atoms with Gasteiger partial charge in [0.1, 0.15) is 11.4 Å². The van der Waals surface area contributed by atoms with Crippen molar-refractivity contribution in [2.75, 3.05) is 10.6 Å². The van der Waals surface area contributed by atoms with E-state index in [1.165, 1.54) is 12.5 Å². The Kier molecular flexibility index (Phi) is 4.22. The molecule has 0 spiro atoms. The first-order valence-corrected chi connectivity index (χ1v) is 8.26. The van der Waals surface area contributed by atoms with E-state index in [4.69, 9.17) is 4.74 Å². The molecule has 0 saturated carbocycles. The highest BCUT2D eigenvalue weighted by atomic mass is 16.5. The summed E-state index contributed by atoms with van der Waals surface area (Å²) < 4.78 is 6.12. The van der Waals surface area contributed by atoms with Crippen LogP contribution in [0.15, 0.2) is 36.4 Å². The molecule has 0 unspecified atom stereocenters. The second-order valence-corrected chi connectivity index (χ2v) is 6.96. The number of para-hydroxylation sites is 1. The van der Waals surface area contributed by atoms with E-state index in [-0.39, 0.29) is 11.5 Å². The molecule has 0 bridgehead atoms. The van der Waals surface area contributed by atoms with Gasteiger partial charge in [-0.15, -0.1) is 0 Å². The van der Waals surface area contributed by atoms with E-state index in [0.29, 0.717) is 6.54 Å². The third-order valence-electron chi connectivity index (χ3n) is 4.29. The van der Waals surface area contributed by atoms with Crippen molar-refractivity contribution in [3.8, 4) is 5.75 Å². The van der Waals surface area contributed by atoms with Crippen molar-refractivity contribution in [3.05, 3.63) is 53.1 Å². The predicted molar refractivity (Wildman–Crippen MR) is 97.7 cm³/mol. The lowest BCUT2D eigenvalue weighted by Crippen LogP contribution is -2.25. The third kappa shape index (κ3) is 3.37. The van der Waals surface area contributed by atoms with Gasteiger partial charge in [0.25, 0.3) is 0 Å². The second-order valence-electron chi connectivity index (χ2n) is 6.96. The molecule has 3 rings (SSSR count). The molecule has 0 saturated heterocycles. The van der Waals surface area contributed by atoms with Crippen molar-refractivity contribution < 1.29 is 9.53 Å². The molecule has 4 nitrogen and oxygen atoms in total. The molecule has 2 aromatic carbocycles. The van der Waals surface area contributed by atoms with Crippen LogP contribution < -0.4 is 15.4 Å². The predicted octanol–water partition coefficient (Wildman–Crippen LogP) is 4.28. The molecule has 24 heavy (non-hydrogen) atoms. The van der Waals surface area contributed by atoms with Gasteiger partial charge in [-0.1, -0.05) is 24.3 Å². The lowest BCUT2D eigenvalue weighted by molar-refractivity contribution is -0.114. The highest BCUT2D eigenvalue weighted by Gasteiger charge is 2.31. The van der Waals surface area contributed by atoms with Gasteiger partial charge >= 0.3 is 0 Å². The quantitative estimate of drug-likeness (QED) is 0.882. The van der Waals surface area contributed by atoms with E-state index in [0.717, 1.165) is 34.7 Å². The second kappa shape index (κ2) is 6.19. The van der Waals surface area contributed by atoms with Crippen LogP contribution in [0, 0.1) is 6.92 Å². The van der Waals surface area contributed by atoms with Crippen LogP contribution in [-0.4, -0.2) is 11.5 Å². The number of fused-ring (bicyclic) bond motifs is 1. The van der Waals surface area contributed by atoms with Crippen molar-refractivity contribution in [3.63, 3.8) is 0 Å². The summed E-state index contributed by atoms with van der Waals surface area (Å²) in [5.41, 5.74) is 5.16. The molecule has 1 aliphatic heterocycles. The Balaban J connectivity index is 1.79. The van der Waals surface area contributed by atoms with Crippen molar-refractivity contribution in [1.82, 2.24) is 0 Å². The number of benzene rings is 2. The minimum Gasteiger partial charge on any atom is -0.487 e. The third-order valence-corrected chi connectivity index (χ3v) is 4.29. The van der Waals surface area contributed by atoms with Gasteiger partial charge in [0.2, 0.25) is 5.91 Å². The molecule has 1 aliphatic rings. The number of amides is 1. The van der Waals surface area contributed by atoms with Gasteiger partial charge in [0, 0.05) is 36.8 Å². The van der Waals surface area contributed by atoms with Crippen molar-refractivity contribution in [2.24, 2.45) is 0 Å². The first kappa shape index (κ1) is 16.4. The van der Waals surface area contributed by atoms with Crippen molar-refractivity contribution in [1.29, 1.82) is 0 Å². The van der Waals surface area contributed by atoms with Crippen LogP contribution in [0.1, 0.15) is 37.5 Å². The molecule has 1 heterocycles. The van der Waals surface area contributed by atoms with E-state index in [1.54, 1.807) is 0 Å². The summed E-state index contributed by atoms with van der Waals surface area (Å²) in [5, 5.41) is 6.33. The normalized spacial score (nSPS) is 14.7. The van der Waals surface area contributed by atoms with E-state index < -0.39 is 0 Å². The van der Waals surface area contributed by atoms with Gasteiger partial charge in [-0.3, -0.25) is 4.79 Å². The summed E-state index contributed by atoms with van der Waals surface area (Å²) in [6, 6.07) is 12.2. The van der Waals surface area contributed by atoms with Crippen molar-refractivity contribution in [2.45, 2.75) is 46.3 Å². The van der Waals surface area contributed by atoms with Gasteiger partial charge in [-0.25, -0.2) is 0 Å². The first-order chi connectivity index (χ1) is 11.4. The zero-order chi connectivity index (χ0) is 17.3. The minimum atomic E-state index is -0.139. The molecule has 0 aliphatic carbocycles. The number of nitrogens with one attached hydrogen (secondary N) is 2. The molecule has 2 N–H and O–H groups in total. The van der Waals surface area contributed by atoms with Crippen LogP contribution in [0.3, 0.4) is 0 Å². The number of hydrogen-bond acceptors (Lipinski definition) is 3. The SMILES string of the molecule is CC(=O)Nc1cccc(NCc2cccc3c2OC(C)(C)C3)c1C. The summed E-state index contributed by atoms with van der Waals surface area (Å²) in [4.78, 5) is 11.3. The summed E-state index contributed by atoms with van der Waals surface area (Å²) >= 11 is 0. The average Bonchev–Trinajstić information content (AvgIpc) is 2.82. The fourth-order valence-corrected chi connectivity index (χ4v) is 3.16. The zero-order valence-electron chi connectivity index (χ0n) is 14.7. The molecule has 1 amide bonds. The molecular formula is C20H24N2O2. The standard InChI is InChI=1S/C20H24N2O2/c1-13-17(9-6-10-18(13)22-14(2)23)21-12-16-8-5-7-15-11-20(3,4)24-19(15)16/h5-10,21H,11-12H2,1-4H3,(H,22,23). The first-order valence-electron chi connectivity index (χ1n) is 8.26. The number of hydrogen-bond donors (Lipinski definition) is 2. The molecule has 0 aromatic heterocycles. The lowest BCUT2D eigenvalue weighted by Gasteiger charge is -2.19. The maximum absolute atomic E-state index is 11.3. The van der Waals surface area contributed by atoms with Gasteiger partial charge in [-0.05, 0) is 44.0 Å². The van der Waals surface area contributed by atoms with Crippen LogP contribution in [0.4, 0.5) is 11.4 Å². The lowest BCUT2D eigenvalue weighted by atomic mass is 10.0. The van der Waals surface area contributed by atoms with Crippen LogP contribution in [0.2, 0.25) is 0 Å². The Morgan fingerprint density at radius 1 is 1.17 bits per heavy atom. The van der Waals surface area contributed by atoms with Crippen LogP contribution in [-0.2, 0) is 17.8 Å². The molecule has 0 atom stereocenters. The summed E-state index contributed by atoms with van der Waals surface area (Å²) in [5.74, 6) is 0.942. The van der Waals surface area contributed by atoms with Gasteiger partial charge in [0.05, 0.1) is 0 Å². The van der Waals surface area contributed by atoms with Crippen LogP contribution in [0.25, 0.3) is 0 Å². The van der Waals surface area contributed by atoms with Gasteiger partial charge in [-0.2, -0.15) is 0 Å². The van der Waals surface area contributed by atoms with Gasteiger partial charge in [0.15, 0.2) is 0 Å². The highest BCUT2D eigenvalue weighted by molar-refractivity contribution is 5.90. The van der Waals surface area contributed by atoms with E-state index in [2.05, 4.69) is 42.7 Å². The highest BCUT2D eigenvalue weighted by Crippen LogP contribution is 2.38. The number of anilines is 2. The Hall–Kier alpha value is -2.49. The molecule has 126 valence electrons. The number of rotatable bonds is 4. The fourth-order valence-electron chi connectivity index (χ4n) is 3.16. The molecule has 0 radical (unpaired) electrons. The molecule has 2 aromatic rings. The Morgan fingerprint density at radius 3 is 2.62 bits per heavy atom. The van der Waals surface area contributed by atoms with Crippen molar-refractivity contribution >= 4 is 17.3 Å². The van der Waals surface area contributed by atoms with E-state index >= 15 is 0 Å². The number of carbonyl (C=O) groups is 1. The molecule has 4 heteroatoms. The zero-order valence-corrected chi connectivity index (χ0v) is 14.7. The maximum Gasteiger partial charge on any atom is 0.221 e. The van der Waals surface area contributed by atoms with Crippen LogP contribution in [0.5, 0.6) is 5.75 Å². The molecular weight excluding hydrogens is 300 g/mol. The van der Waals surface area contributed by atoms with E-state index in [1.807, 2.05) is 25.1 Å². The smallest absolute Gasteiger partial charge is 0.221 e. The fraction of sp³-hybridized carbons (Fsp3) is 0.350. The summed E-state index contributed by atoms with van der Waals surface area (Å²) in [7, 11) is 0. The topological polar surface area (TPSA) is 50.4 Å². The Morgan fingerprint density at radius 2 is 1.88 bits per heavy atom. The number of ether oxygens (including phenoxy) is 1. The Bertz CT molecular complexity index is 781.